The highest BCUT2D eigenvalue weighted by atomic mass is 16.6. The lowest BCUT2D eigenvalue weighted by Crippen LogP contribution is -2.38. The molecule has 2 fully saturated rings. The van der Waals surface area contributed by atoms with Crippen LogP contribution in [0.3, 0.4) is 0 Å². The fourth-order valence-electron chi connectivity index (χ4n) is 4.26. The number of nitro groups is 1. The minimum Gasteiger partial charge on any atom is -0.496 e. The molecule has 2 aliphatic heterocycles. The van der Waals surface area contributed by atoms with Crippen LogP contribution in [0.25, 0.3) is 0 Å². The summed E-state index contributed by atoms with van der Waals surface area (Å²) < 4.78 is 11.7. The zero-order valence-corrected chi connectivity index (χ0v) is 18.2. The Balaban J connectivity index is 1.35. The van der Waals surface area contributed by atoms with E-state index >= 15 is 0 Å². The van der Waals surface area contributed by atoms with E-state index in [1.165, 1.54) is 18.7 Å². The van der Waals surface area contributed by atoms with E-state index in [2.05, 4.69) is 9.88 Å². The second-order valence-corrected chi connectivity index (χ2v) is 8.15. The van der Waals surface area contributed by atoms with E-state index in [-0.39, 0.29) is 17.7 Å². The van der Waals surface area contributed by atoms with Gasteiger partial charge in [0.15, 0.2) is 0 Å². The summed E-state index contributed by atoms with van der Waals surface area (Å²) in [6, 6.07) is 8.58. The van der Waals surface area contributed by atoms with Gasteiger partial charge in [-0.1, -0.05) is 0 Å². The van der Waals surface area contributed by atoms with Crippen LogP contribution in [0, 0.1) is 10.1 Å². The Morgan fingerprint density at radius 3 is 2.47 bits per heavy atom. The molecule has 1 aromatic heterocycles. The van der Waals surface area contributed by atoms with Crippen LogP contribution in [0.4, 0.5) is 11.5 Å². The van der Waals surface area contributed by atoms with Gasteiger partial charge in [-0.2, -0.15) is 0 Å². The zero-order chi connectivity index (χ0) is 22.5. The van der Waals surface area contributed by atoms with Crippen molar-refractivity contribution in [3.8, 4) is 11.5 Å². The largest absolute Gasteiger partial charge is 0.496 e. The van der Waals surface area contributed by atoms with Gasteiger partial charge in [0.1, 0.15) is 29.6 Å². The molecule has 0 unspecified atom stereocenters. The zero-order valence-electron chi connectivity index (χ0n) is 18.2. The summed E-state index contributed by atoms with van der Waals surface area (Å²) in [6.45, 7) is 3.08. The van der Waals surface area contributed by atoms with E-state index in [1.54, 1.807) is 25.3 Å². The summed E-state index contributed by atoms with van der Waals surface area (Å²) in [7, 11) is 1.57. The van der Waals surface area contributed by atoms with Crippen LogP contribution in [0.5, 0.6) is 11.5 Å². The predicted octanol–water partition coefficient (Wildman–Crippen LogP) is 3.67. The topological polar surface area (TPSA) is 98.0 Å². The van der Waals surface area contributed by atoms with Crippen molar-refractivity contribution in [3.63, 3.8) is 0 Å². The number of anilines is 1. The first-order valence-electron chi connectivity index (χ1n) is 11.0. The molecule has 9 nitrogen and oxygen atoms in total. The average molecular weight is 441 g/mol. The van der Waals surface area contributed by atoms with Crippen LogP contribution in [-0.2, 0) is 0 Å². The molecule has 1 amide bonds. The maximum absolute atomic E-state index is 12.9. The molecule has 0 bridgehead atoms. The summed E-state index contributed by atoms with van der Waals surface area (Å²) in [5.74, 6) is 1.96. The number of aromatic nitrogens is 1. The molecule has 2 saturated heterocycles. The third-order valence-electron chi connectivity index (χ3n) is 6.06. The molecule has 1 aromatic carbocycles. The number of carbonyl (C=O) groups is 1. The van der Waals surface area contributed by atoms with E-state index < -0.39 is 4.92 Å². The quantitative estimate of drug-likeness (QED) is 0.499. The number of carbonyl (C=O) groups excluding carboxylic acids is 1. The van der Waals surface area contributed by atoms with Crippen molar-refractivity contribution in [2.45, 2.75) is 38.2 Å². The van der Waals surface area contributed by atoms with E-state index in [1.807, 2.05) is 11.0 Å². The van der Waals surface area contributed by atoms with Crippen molar-refractivity contribution in [3.05, 3.63) is 52.2 Å². The lowest BCUT2D eigenvalue weighted by Gasteiger charge is -2.33. The van der Waals surface area contributed by atoms with Gasteiger partial charge in [-0.25, -0.2) is 4.98 Å². The lowest BCUT2D eigenvalue weighted by atomic mass is 10.1. The smallest absolute Gasteiger partial charge is 0.287 e. The Morgan fingerprint density at radius 1 is 1.09 bits per heavy atom. The number of methoxy groups -OCH3 is 1. The SMILES string of the molecule is COc1cc(OC2CCN(c3ccc([N+](=O)[O-])cn3)CC2)ccc1C(=O)N1CCCCC1. The van der Waals surface area contributed by atoms with Crippen molar-refractivity contribution in [2.24, 2.45) is 0 Å². The minimum absolute atomic E-state index is 0.0110. The molecule has 32 heavy (non-hydrogen) atoms. The molecular weight excluding hydrogens is 412 g/mol. The molecule has 0 atom stereocenters. The molecule has 9 heteroatoms. The van der Waals surface area contributed by atoms with Gasteiger partial charge in [-0.3, -0.25) is 14.9 Å². The number of benzene rings is 1. The Kier molecular flexibility index (Phi) is 6.72. The second kappa shape index (κ2) is 9.84. The van der Waals surface area contributed by atoms with Crippen LogP contribution in [0.15, 0.2) is 36.5 Å². The summed E-state index contributed by atoms with van der Waals surface area (Å²) in [5, 5.41) is 10.8. The third kappa shape index (κ3) is 4.92. The van der Waals surface area contributed by atoms with E-state index in [9.17, 15) is 14.9 Å². The molecule has 2 aliphatic rings. The third-order valence-corrected chi connectivity index (χ3v) is 6.06. The molecule has 3 heterocycles. The van der Waals surface area contributed by atoms with Gasteiger partial charge in [0.05, 0.1) is 17.6 Å². The van der Waals surface area contributed by atoms with Gasteiger partial charge < -0.3 is 19.3 Å². The van der Waals surface area contributed by atoms with E-state index in [4.69, 9.17) is 9.47 Å². The van der Waals surface area contributed by atoms with Crippen LogP contribution < -0.4 is 14.4 Å². The van der Waals surface area contributed by atoms with Gasteiger partial charge in [0, 0.05) is 51.2 Å². The molecule has 0 saturated carbocycles. The summed E-state index contributed by atoms with van der Waals surface area (Å²) in [6.07, 6.45) is 6.19. The number of amides is 1. The molecule has 0 N–H and O–H groups in total. The highest BCUT2D eigenvalue weighted by Crippen LogP contribution is 2.29. The number of pyridine rings is 1. The van der Waals surface area contributed by atoms with Crippen LogP contribution >= 0.6 is 0 Å². The Morgan fingerprint density at radius 2 is 1.84 bits per heavy atom. The lowest BCUT2D eigenvalue weighted by molar-refractivity contribution is -0.385. The first kappa shape index (κ1) is 21.9. The van der Waals surface area contributed by atoms with Crippen molar-refractivity contribution in [1.82, 2.24) is 9.88 Å². The second-order valence-electron chi connectivity index (χ2n) is 8.15. The highest BCUT2D eigenvalue weighted by Gasteiger charge is 2.24. The van der Waals surface area contributed by atoms with Crippen molar-refractivity contribution in [2.75, 3.05) is 38.2 Å². The first-order chi connectivity index (χ1) is 15.5. The maximum Gasteiger partial charge on any atom is 0.287 e. The number of ether oxygens (including phenoxy) is 2. The normalized spacial score (nSPS) is 17.2. The number of hydrogen-bond donors (Lipinski definition) is 0. The molecule has 0 spiro atoms. The standard InChI is InChI=1S/C23H28N4O5/c1-31-21-15-19(6-7-20(21)23(28)26-11-3-2-4-12-26)32-18-9-13-25(14-10-18)22-8-5-17(16-24-22)27(29)30/h5-8,15-16,18H,2-4,9-14H2,1H3. The molecule has 0 aliphatic carbocycles. The monoisotopic (exact) mass is 440 g/mol. The number of hydrogen-bond acceptors (Lipinski definition) is 7. The summed E-state index contributed by atoms with van der Waals surface area (Å²) in [4.78, 5) is 31.4. The number of piperidine rings is 2. The van der Waals surface area contributed by atoms with Crippen LogP contribution in [-0.4, -0.2) is 60.1 Å². The number of nitrogens with zero attached hydrogens (tertiary/aromatic N) is 4. The fourth-order valence-corrected chi connectivity index (χ4v) is 4.26. The molecule has 0 radical (unpaired) electrons. The predicted molar refractivity (Wildman–Crippen MR) is 120 cm³/mol. The molecule has 170 valence electrons. The van der Waals surface area contributed by atoms with Crippen LogP contribution in [0.2, 0.25) is 0 Å². The van der Waals surface area contributed by atoms with E-state index in [0.717, 1.165) is 57.7 Å². The number of likely N-dealkylation sites (tertiary alicyclic amines) is 1. The van der Waals surface area contributed by atoms with Gasteiger partial charge >= 0.3 is 0 Å². The van der Waals surface area contributed by atoms with Crippen molar-refractivity contribution >= 4 is 17.4 Å². The van der Waals surface area contributed by atoms with Crippen molar-refractivity contribution in [1.29, 1.82) is 0 Å². The van der Waals surface area contributed by atoms with Gasteiger partial charge in [-0.05, 0) is 37.5 Å². The average Bonchev–Trinajstić information content (AvgIpc) is 2.84. The Labute approximate surface area is 187 Å². The summed E-state index contributed by atoms with van der Waals surface area (Å²) >= 11 is 0. The van der Waals surface area contributed by atoms with Gasteiger partial charge in [-0.15, -0.1) is 0 Å². The Bertz CT molecular complexity index is 951. The molecule has 4 rings (SSSR count). The first-order valence-corrected chi connectivity index (χ1v) is 11.0. The fraction of sp³-hybridized carbons (Fsp3) is 0.478. The maximum atomic E-state index is 12.9. The number of rotatable bonds is 6. The van der Waals surface area contributed by atoms with Crippen molar-refractivity contribution < 1.29 is 19.2 Å². The molecular formula is C23H28N4O5. The summed E-state index contributed by atoms with van der Waals surface area (Å²) in [5.41, 5.74) is 0.559. The molecule has 2 aromatic rings. The van der Waals surface area contributed by atoms with Gasteiger partial charge in [0.25, 0.3) is 11.6 Å². The minimum atomic E-state index is -0.448. The van der Waals surface area contributed by atoms with Gasteiger partial charge in [0.2, 0.25) is 0 Å². The Hall–Kier alpha value is -3.36. The van der Waals surface area contributed by atoms with E-state index in [0.29, 0.717) is 17.1 Å². The van der Waals surface area contributed by atoms with Crippen LogP contribution in [0.1, 0.15) is 42.5 Å². The highest BCUT2D eigenvalue weighted by molar-refractivity contribution is 5.97.